The van der Waals surface area contributed by atoms with E-state index < -0.39 is 5.91 Å². The minimum absolute atomic E-state index is 0.443. The van der Waals surface area contributed by atoms with Gasteiger partial charge in [0.05, 0.1) is 5.69 Å². The molecule has 1 heterocycles. The van der Waals surface area contributed by atoms with E-state index in [9.17, 15) is 4.79 Å². The maximum Gasteiger partial charge on any atom is 0.248 e. The third kappa shape index (κ3) is 2.53. The summed E-state index contributed by atoms with van der Waals surface area (Å²) < 4.78 is 1.63. The van der Waals surface area contributed by atoms with Gasteiger partial charge in [0, 0.05) is 12.0 Å². The van der Waals surface area contributed by atoms with Crippen LogP contribution in [0.15, 0.2) is 24.3 Å². The van der Waals surface area contributed by atoms with Crippen molar-refractivity contribution in [3.63, 3.8) is 0 Å². The van der Waals surface area contributed by atoms with Crippen LogP contribution >= 0.6 is 0 Å². The molecule has 2 aromatic rings. The molecule has 0 aliphatic heterocycles. The number of hydrogen-bond donors (Lipinski definition) is 1. The Bertz CT molecular complexity index is 561. The number of amides is 1. The molecule has 0 saturated carbocycles. The van der Waals surface area contributed by atoms with Gasteiger partial charge >= 0.3 is 0 Å². The van der Waals surface area contributed by atoms with Crippen LogP contribution in [0.1, 0.15) is 30.0 Å². The van der Waals surface area contributed by atoms with Crippen LogP contribution in [0.25, 0.3) is 5.69 Å². The Hall–Kier alpha value is -2.24. The highest BCUT2D eigenvalue weighted by molar-refractivity contribution is 5.93. The molecule has 1 amide bonds. The van der Waals surface area contributed by atoms with Crippen molar-refractivity contribution in [2.75, 3.05) is 0 Å². The Morgan fingerprint density at radius 1 is 1.44 bits per heavy atom. The highest BCUT2D eigenvalue weighted by Gasteiger charge is 2.11. The van der Waals surface area contributed by atoms with E-state index in [1.807, 2.05) is 6.07 Å². The second-order valence-electron chi connectivity index (χ2n) is 4.52. The minimum atomic E-state index is -0.463. The molecule has 2 N–H and O–H groups in total. The average Bonchev–Trinajstić information content (AvgIpc) is 2.76. The summed E-state index contributed by atoms with van der Waals surface area (Å²) >= 11 is 0. The second kappa shape index (κ2) is 4.95. The molecule has 6 heteroatoms. The Morgan fingerprint density at radius 3 is 2.89 bits per heavy atom. The van der Waals surface area contributed by atoms with E-state index in [-0.39, 0.29) is 0 Å². The fraction of sp³-hybridized carbons (Fsp3) is 0.333. The Balaban J connectivity index is 2.39. The standard InChI is InChI=1S/C12H15N5O/c1-8(2)6-11-14-15-16-17(11)10-5-3-4-9(7-10)12(13)18/h3-5,7-8H,6H2,1-2H3,(H2,13,18). The Labute approximate surface area is 105 Å². The predicted molar refractivity (Wildman–Crippen MR) is 66.2 cm³/mol. The number of aromatic nitrogens is 4. The molecule has 0 saturated heterocycles. The maximum absolute atomic E-state index is 11.1. The molecule has 1 aromatic carbocycles. The third-order valence-electron chi connectivity index (χ3n) is 2.50. The molecule has 94 valence electrons. The van der Waals surface area contributed by atoms with Crippen molar-refractivity contribution in [2.24, 2.45) is 11.7 Å². The van der Waals surface area contributed by atoms with Gasteiger partial charge in [-0.05, 0) is 34.5 Å². The van der Waals surface area contributed by atoms with Crippen LogP contribution in [0.5, 0.6) is 0 Å². The molecule has 0 bridgehead atoms. The summed E-state index contributed by atoms with van der Waals surface area (Å²) in [5.74, 6) is 0.760. The van der Waals surface area contributed by atoms with Crippen LogP contribution in [0.3, 0.4) is 0 Å². The fourth-order valence-electron chi connectivity index (χ4n) is 1.69. The van der Waals surface area contributed by atoms with E-state index >= 15 is 0 Å². The van der Waals surface area contributed by atoms with Gasteiger partial charge in [0.1, 0.15) is 0 Å². The van der Waals surface area contributed by atoms with E-state index in [4.69, 9.17) is 5.73 Å². The molecule has 0 atom stereocenters. The number of nitrogens with zero attached hydrogens (tertiary/aromatic N) is 4. The van der Waals surface area contributed by atoms with Crippen molar-refractivity contribution in [2.45, 2.75) is 20.3 Å². The normalized spacial score (nSPS) is 10.8. The topological polar surface area (TPSA) is 86.7 Å². The van der Waals surface area contributed by atoms with Crippen LogP contribution in [0.4, 0.5) is 0 Å². The quantitative estimate of drug-likeness (QED) is 0.869. The number of rotatable bonds is 4. The van der Waals surface area contributed by atoms with Crippen molar-refractivity contribution in [1.82, 2.24) is 20.2 Å². The van der Waals surface area contributed by atoms with Gasteiger partial charge < -0.3 is 5.73 Å². The lowest BCUT2D eigenvalue weighted by atomic mass is 10.1. The first-order chi connectivity index (χ1) is 8.58. The Morgan fingerprint density at radius 2 is 2.22 bits per heavy atom. The number of benzene rings is 1. The van der Waals surface area contributed by atoms with Crippen molar-refractivity contribution in [1.29, 1.82) is 0 Å². The van der Waals surface area contributed by atoms with Gasteiger partial charge in [-0.3, -0.25) is 4.79 Å². The molecule has 0 aliphatic rings. The molecule has 18 heavy (non-hydrogen) atoms. The first-order valence-corrected chi connectivity index (χ1v) is 5.75. The molecule has 2 rings (SSSR count). The lowest BCUT2D eigenvalue weighted by Gasteiger charge is -2.07. The van der Waals surface area contributed by atoms with Crippen molar-refractivity contribution in [3.05, 3.63) is 35.7 Å². The van der Waals surface area contributed by atoms with E-state index in [0.29, 0.717) is 11.5 Å². The van der Waals surface area contributed by atoms with Gasteiger partial charge in [-0.25, -0.2) is 0 Å². The molecular weight excluding hydrogens is 230 g/mol. The van der Waals surface area contributed by atoms with Gasteiger partial charge in [0.2, 0.25) is 5.91 Å². The highest BCUT2D eigenvalue weighted by Crippen LogP contribution is 2.12. The summed E-state index contributed by atoms with van der Waals surface area (Å²) in [7, 11) is 0. The molecule has 0 aliphatic carbocycles. The smallest absolute Gasteiger partial charge is 0.248 e. The predicted octanol–water partition coefficient (Wildman–Crippen LogP) is 0.960. The number of nitrogens with two attached hydrogens (primary N) is 1. The molecule has 0 spiro atoms. The van der Waals surface area contributed by atoms with Crippen LogP contribution < -0.4 is 5.73 Å². The van der Waals surface area contributed by atoms with Gasteiger partial charge in [-0.2, -0.15) is 4.68 Å². The molecule has 1 aromatic heterocycles. The molecule has 0 radical (unpaired) electrons. The number of tetrazole rings is 1. The second-order valence-corrected chi connectivity index (χ2v) is 4.52. The largest absolute Gasteiger partial charge is 0.366 e. The minimum Gasteiger partial charge on any atom is -0.366 e. The van der Waals surface area contributed by atoms with E-state index in [1.165, 1.54) is 0 Å². The average molecular weight is 245 g/mol. The van der Waals surface area contributed by atoms with Gasteiger partial charge in [0.25, 0.3) is 0 Å². The van der Waals surface area contributed by atoms with Crippen LogP contribution in [0.2, 0.25) is 0 Å². The van der Waals surface area contributed by atoms with Crippen LogP contribution in [-0.2, 0) is 6.42 Å². The summed E-state index contributed by atoms with van der Waals surface area (Å²) in [6.07, 6.45) is 0.772. The molecular formula is C12H15N5O. The fourth-order valence-corrected chi connectivity index (χ4v) is 1.69. The summed E-state index contributed by atoms with van der Waals surface area (Å²) in [6, 6.07) is 6.95. The highest BCUT2D eigenvalue weighted by atomic mass is 16.1. The first kappa shape index (κ1) is 12.2. The zero-order valence-electron chi connectivity index (χ0n) is 10.4. The lowest BCUT2D eigenvalue weighted by molar-refractivity contribution is 0.1000. The SMILES string of the molecule is CC(C)Cc1nnnn1-c1cccc(C(N)=O)c1. The zero-order chi connectivity index (χ0) is 13.1. The van der Waals surface area contributed by atoms with Gasteiger partial charge in [0.15, 0.2) is 5.82 Å². The Kier molecular flexibility index (Phi) is 3.36. The first-order valence-electron chi connectivity index (χ1n) is 5.75. The number of carbonyl (C=O) groups excluding carboxylic acids is 1. The third-order valence-corrected chi connectivity index (χ3v) is 2.50. The number of carbonyl (C=O) groups is 1. The van der Waals surface area contributed by atoms with E-state index in [2.05, 4.69) is 29.4 Å². The molecule has 0 unspecified atom stereocenters. The number of primary amides is 1. The van der Waals surface area contributed by atoms with E-state index in [0.717, 1.165) is 17.9 Å². The summed E-state index contributed by atoms with van der Waals surface area (Å²) in [4.78, 5) is 11.1. The van der Waals surface area contributed by atoms with Crippen molar-refractivity contribution in [3.8, 4) is 5.69 Å². The van der Waals surface area contributed by atoms with Gasteiger partial charge in [-0.1, -0.05) is 19.9 Å². The zero-order valence-corrected chi connectivity index (χ0v) is 10.4. The monoisotopic (exact) mass is 245 g/mol. The van der Waals surface area contributed by atoms with Gasteiger partial charge in [-0.15, -0.1) is 5.10 Å². The van der Waals surface area contributed by atoms with Crippen molar-refractivity contribution < 1.29 is 4.79 Å². The summed E-state index contributed by atoms with van der Waals surface area (Å²) in [6.45, 7) is 4.19. The van der Waals surface area contributed by atoms with Crippen LogP contribution in [0, 0.1) is 5.92 Å². The molecule has 0 fully saturated rings. The summed E-state index contributed by atoms with van der Waals surface area (Å²) in [5, 5.41) is 11.6. The van der Waals surface area contributed by atoms with Crippen molar-refractivity contribution >= 4 is 5.91 Å². The summed E-state index contributed by atoms with van der Waals surface area (Å²) in [5.41, 5.74) is 6.44. The maximum atomic E-state index is 11.1. The molecule has 6 nitrogen and oxygen atoms in total. The number of hydrogen-bond acceptors (Lipinski definition) is 4. The van der Waals surface area contributed by atoms with Crippen LogP contribution in [-0.4, -0.2) is 26.1 Å². The lowest BCUT2D eigenvalue weighted by Crippen LogP contribution is -2.12. The van der Waals surface area contributed by atoms with E-state index in [1.54, 1.807) is 22.9 Å².